The second kappa shape index (κ2) is 3.64. The number of likely N-dealkylation sites (tertiary alicyclic amines) is 1. The van der Waals surface area contributed by atoms with Crippen molar-refractivity contribution in [1.82, 2.24) is 4.90 Å². The number of hydrogen-bond acceptors (Lipinski definition) is 3. The van der Waals surface area contributed by atoms with Crippen molar-refractivity contribution >= 4 is 5.91 Å². The molecular weight excluding hydrogens is 170 g/mol. The van der Waals surface area contributed by atoms with E-state index in [1.165, 1.54) is 6.92 Å². The molecule has 0 bridgehead atoms. The largest absolute Gasteiger partial charge is 0.396 e. The minimum atomic E-state index is -0.930. The van der Waals surface area contributed by atoms with Gasteiger partial charge in [0.2, 0.25) is 0 Å². The van der Waals surface area contributed by atoms with Crippen LogP contribution < -0.4 is 0 Å². The highest BCUT2D eigenvalue weighted by molar-refractivity contribution is 5.80. The molecule has 1 heterocycles. The predicted molar refractivity (Wildman–Crippen MR) is 48.1 cm³/mol. The van der Waals surface area contributed by atoms with E-state index in [0.717, 1.165) is 6.42 Å². The van der Waals surface area contributed by atoms with Crippen molar-refractivity contribution in [2.75, 3.05) is 19.7 Å². The second-order valence-electron chi connectivity index (χ2n) is 4.15. The Balaban J connectivity index is 2.55. The van der Waals surface area contributed by atoms with Gasteiger partial charge in [-0.05, 0) is 13.3 Å². The van der Waals surface area contributed by atoms with E-state index in [4.69, 9.17) is 10.2 Å². The van der Waals surface area contributed by atoms with Crippen molar-refractivity contribution in [3.8, 4) is 0 Å². The number of nitrogens with zero attached hydrogens (tertiary/aromatic N) is 1. The van der Waals surface area contributed by atoms with Crippen molar-refractivity contribution < 1.29 is 15.0 Å². The topological polar surface area (TPSA) is 60.8 Å². The molecular formula is C9H17NO3. The van der Waals surface area contributed by atoms with Crippen LogP contribution in [0.2, 0.25) is 0 Å². The first-order chi connectivity index (χ1) is 5.98. The Kier molecular flexibility index (Phi) is 2.93. The number of amides is 1. The van der Waals surface area contributed by atoms with Crippen LogP contribution in [0.4, 0.5) is 0 Å². The van der Waals surface area contributed by atoms with Crippen LogP contribution in [0.1, 0.15) is 20.3 Å². The number of rotatable bonds is 2. The summed E-state index contributed by atoms with van der Waals surface area (Å²) in [6, 6.07) is 0. The average molecular weight is 187 g/mol. The fraction of sp³-hybridized carbons (Fsp3) is 0.889. The van der Waals surface area contributed by atoms with E-state index in [1.807, 2.05) is 6.92 Å². The van der Waals surface area contributed by atoms with Gasteiger partial charge >= 0.3 is 0 Å². The molecule has 0 aromatic carbocycles. The lowest BCUT2D eigenvalue weighted by atomic mass is 9.91. The minimum absolute atomic E-state index is 0.0938. The molecule has 1 saturated heterocycles. The lowest BCUT2D eigenvalue weighted by molar-refractivity contribution is -0.138. The molecule has 13 heavy (non-hydrogen) atoms. The van der Waals surface area contributed by atoms with Gasteiger partial charge in [0.05, 0.1) is 6.61 Å². The first-order valence-corrected chi connectivity index (χ1v) is 4.56. The SMILES string of the molecule is CC(O)C(=O)N1CCC(C)(CO)C1. The lowest BCUT2D eigenvalue weighted by Gasteiger charge is -2.22. The molecule has 0 saturated carbocycles. The molecule has 1 aliphatic heterocycles. The Morgan fingerprint density at radius 3 is 2.69 bits per heavy atom. The summed E-state index contributed by atoms with van der Waals surface area (Å²) in [6.07, 6.45) is -0.122. The minimum Gasteiger partial charge on any atom is -0.396 e. The molecule has 1 fully saturated rings. The smallest absolute Gasteiger partial charge is 0.251 e. The maximum absolute atomic E-state index is 11.3. The molecule has 4 heteroatoms. The van der Waals surface area contributed by atoms with Gasteiger partial charge in [0.1, 0.15) is 6.10 Å². The van der Waals surface area contributed by atoms with Gasteiger partial charge in [-0.25, -0.2) is 0 Å². The summed E-state index contributed by atoms with van der Waals surface area (Å²) < 4.78 is 0. The van der Waals surface area contributed by atoms with Crippen LogP contribution >= 0.6 is 0 Å². The highest BCUT2D eigenvalue weighted by atomic mass is 16.3. The zero-order valence-electron chi connectivity index (χ0n) is 8.16. The van der Waals surface area contributed by atoms with Crippen LogP contribution in [0.3, 0.4) is 0 Å². The van der Waals surface area contributed by atoms with E-state index >= 15 is 0 Å². The molecule has 0 radical (unpaired) electrons. The van der Waals surface area contributed by atoms with Crippen LogP contribution in [0.5, 0.6) is 0 Å². The quantitative estimate of drug-likeness (QED) is 0.618. The van der Waals surface area contributed by atoms with Crippen molar-refractivity contribution in [2.45, 2.75) is 26.4 Å². The number of aliphatic hydroxyl groups excluding tert-OH is 2. The Hall–Kier alpha value is -0.610. The fourth-order valence-electron chi connectivity index (χ4n) is 1.61. The second-order valence-corrected chi connectivity index (χ2v) is 4.15. The van der Waals surface area contributed by atoms with Crippen LogP contribution in [-0.2, 0) is 4.79 Å². The van der Waals surface area contributed by atoms with E-state index in [9.17, 15) is 4.79 Å². The van der Waals surface area contributed by atoms with Crippen molar-refractivity contribution in [3.63, 3.8) is 0 Å². The van der Waals surface area contributed by atoms with Crippen molar-refractivity contribution in [1.29, 1.82) is 0 Å². The molecule has 0 aliphatic carbocycles. The summed E-state index contributed by atoms with van der Waals surface area (Å²) in [5, 5.41) is 18.1. The van der Waals surface area contributed by atoms with Gasteiger partial charge in [0, 0.05) is 18.5 Å². The Labute approximate surface area is 78.2 Å². The van der Waals surface area contributed by atoms with Gasteiger partial charge in [0.15, 0.2) is 0 Å². The highest BCUT2D eigenvalue weighted by Gasteiger charge is 2.36. The maximum atomic E-state index is 11.3. The van der Waals surface area contributed by atoms with Gasteiger partial charge in [0.25, 0.3) is 5.91 Å². The number of hydrogen-bond donors (Lipinski definition) is 2. The molecule has 4 nitrogen and oxygen atoms in total. The van der Waals surface area contributed by atoms with E-state index in [0.29, 0.717) is 13.1 Å². The Morgan fingerprint density at radius 1 is 1.69 bits per heavy atom. The third-order valence-corrected chi connectivity index (χ3v) is 2.61. The van der Waals surface area contributed by atoms with E-state index < -0.39 is 6.10 Å². The van der Waals surface area contributed by atoms with Crippen LogP contribution in [0.15, 0.2) is 0 Å². The summed E-state index contributed by atoms with van der Waals surface area (Å²) in [5.41, 5.74) is -0.176. The molecule has 0 spiro atoms. The molecule has 1 amide bonds. The number of carbonyl (C=O) groups is 1. The van der Waals surface area contributed by atoms with Crippen LogP contribution in [0.25, 0.3) is 0 Å². The third kappa shape index (κ3) is 2.19. The number of carbonyl (C=O) groups excluding carboxylic acids is 1. The summed E-state index contributed by atoms with van der Waals surface area (Å²) in [4.78, 5) is 13.0. The number of aliphatic hydroxyl groups is 2. The van der Waals surface area contributed by atoms with Crippen LogP contribution in [0, 0.1) is 5.41 Å². The third-order valence-electron chi connectivity index (χ3n) is 2.61. The zero-order chi connectivity index (χ0) is 10.1. The monoisotopic (exact) mass is 187 g/mol. The zero-order valence-corrected chi connectivity index (χ0v) is 8.16. The fourth-order valence-corrected chi connectivity index (χ4v) is 1.61. The molecule has 1 aliphatic rings. The molecule has 1 rings (SSSR count). The predicted octanol–water partition coefficient (Wildman–Crippen LogP) is -0.402. The molecule has 0 aromatic heterocycles. The van der Waals surface area contributed by atoms with Gasteiger partial charge in [-0.15, -0.1) is 0 Å². The van der Waals surface area contributed by atoms with Gasteiger partial charge in [-0.2, -0.15) is 0 Å². The lowest BCUT2D eigenvalue weighted by Crippen LogP contribution is -2.38. The normalized spacial score (nSPS) is 30.6. The molecule has 2 unspecified atom stereocenters. The average Bonchev–Trinajstić information content (AvgIpc) is 2.47. The van der Waals surface area contributed by atoms with Gasteiger partial charge in [-0.3, -0.25) is 4.79 Å². The van der Waals surface area contributed by atoms with E-state index in [2.05, 4.69) is 0 Å². The van der Waals surface area contributed by atoms with Crippen LogP contribution in [-0.4, -0.2) is 46.8 Å². The van der Waals surface area contributed by atoms with E-state index in [-0.39, 0.29) is 17.9 Å². The highest BCUT2D eigenvalue weighted by Crippen LogP contribution is 2.29. The summed E-state index contributed by atoms with van der Waals surface area (Å²) in [7, 11) is 0. The first kappa shape index (κ1) is 10.5. The molecule has 2 N–H and O–H groups in total. The Morgan fingerprint density at radius 2 is 2.31 bits per heavy atom. The Bertz CT molecular complexity index is 205. The van der Waals surface area contributed by atoms with Crippen molar-refractivity contribution in [3.05, 3.63) is 0 Å². The molecule has 76 valence electrons. The summed E-state index contributed by atoms with van der Waals surface area (Å²) in [5.74, 6) is -0.239. The molecule has 0 aromatic rings. The standard InChI is InChI=1S/C9H17NO3/c1-7(12)8(13)10-4-3-9(2,5-10)6-11/h7,11-12H,3-6H2,1-2H3. The van der Waals surface area contributed by atoms with Gasteiger partial charge < -0.3 is 15.1 Å². The summed E-state index contributed by atoms with van der Waals surface area (Å²) in [6.45, 7) is 4.70. The maximum Gasteiger partial charge on any atom is 0.251 e. The van der Waals surface area contributed by atoms with E-state index in [1.54, 1.807) is 4.90 Å². The summed E-state index contributed by atoms with van der Waals surface area (Å²) >= 11 is 0. The first-order valence-electron chi connectivity index (χ1n) is 4.56. The molecule has 2 atom stereocenters. The van der Waals surface area contributed by atoms with Crippen molar-refractivity contribution in [2.24, 2.45) is 5.41 Å². The van der Waals surface area contributed by atoms with Gasteiger partial charge in [-0.1, -0.05) is 6.92 Å².